The van der Waals surface area contributed by atoms with Gasteiger partial charge < -0.3 is 19.5 Å². The molecule has 1 aromatic rings. The largest absolute Gasteiger partial charge is 0.383 e. The number of hydrogen-bond donors (Lipinski definition) is 1. The highest BCUT2D eigenvalue weighted by atomic mass is 16.5. The van der Waals surface area contributed by atoms with Crippen LogP contribution in [0.5, 0.6) is 0 Å². The Morgan fingerprint density at radius 1 is 1.58 bits per heavy atom. The van der Waals surface area contributed by atoms with Gasteiger partial charge in [0.05, 0.1) is 13.2 Å². The number of rotatable bonds is 7. The molecule has 1 heterocycles. The first-order chi connectivity index (χ1) is 9.20. The number of nitrogens with one attached hydrogen (secondary N) is 1. The highest BCUT2D eigenvalue weighted by Crippen LogP contribution is 2.30. The van der Waals surface area contributed by atoms with E-state index in [1.165, 1.54) is 11.2 Å². The summed E-state index contributed by atoms with van der Waals surface area (Å²) in [6, 6.07) is 1.54. The van der Waals surface area contributed by atoms with Crippen LogP contribution in [0.25, 0.3) is 0 Å². The Labute approximate surface area is 110 Å². The SMILES string of the molecule is COCCN(CC(=O)Nc1ccon1)C(=O)C1CC1. The molecule has 0 bridgehead atoms. The quantitative estimate of drug-likeness (QED) is 0.777. The van der Waals surface area contributed by atoms with Crippen LogP contribution in [0.1, 0.15) is 12.8 Å². The molecule has 1 N–H and O–H groups in total. The zero-order valence-electron chi connectivity index (χ0n) is 10.8. The maximum Gasteiger partial charge on any atom is 0.245 e. The van der Waals surface area contributed by atoms with Gasteiger partial charge >= 0.3 is 0 Å². The standard InChI is InChI=1S/C12H17N3O4/c1-18-7-5-15(12(17)9-2-3-9)8-11(16)13-10-4-6-19-14-10/h4,6,9H,2-3,5,7-8H2,1H3,(H,13,14,16). The Morgan fingerprint density at radius 3 is 2.95 bits per heavy atom. The van der Waals surface area contributed by atoms with E-state index in [4.69, 9.17) is 4.74 Å². The van der Waals surface area contributed by atoms with E-state index < -0.39 is 0 Å². The normalized spacial score (nSPS) is 14.2. The fraction of sp³-hybridized carbons (Fsp3) is 0.583. The third-order valence-corrected chi connectivity index (χ3v) is 2.84. The molecule has 1 fully saturated rings. The molecule has 1 aromatic heterocycles. The topological polar surface area (TPSA) is 84.7 Å². The number of carbonyl (C=O) groups is 2. The molecule has 0 aliphatic heterocycles. The van der Waals surface area contributed by atoms with Crippen molar-refractivity contribution in [3.63, 3.8) is 0 Å². The zero-order chi connectivity index (χ0) is 13.7. The van der Waals surface area contributed by atoms with Crippen molar-refractivity contribution >= 4 is 17.6 Å². The zero-order valence-corrected chi connectivity index (χ0v) is 10.8. The van der Waals surface area contributed by atoms with Gasteiger partial charge in [0.25, 0.3) is 0 Å². The molecule has 1 aliphatic rings. The molecule has 0 aromatic carbocycles. The van der Waals surface area contributed by atoms with Crippen LogP contribution in [0.15, 0.2) is 16.9 Å². The average molecular weight is 267 g/mol. The average Bonchev–Trinajstić information content (AvgIpc) is 3.13. The van der Waals surface area contributed by atoms with Gasteiger partial charge in [-0.3, -0.25) is 9.59 Å². The second-order valence-electron chi connectivity index (χ2n) is 4.46. The Bertz CT molecular complexity index is 428. The van der Waals surface area contributed by atoms with Crippen molar-refractivity contribution < 1.29 is 18.8 Å². The summed E-state index contributed by atoms with van der Waals surface area (Å²) in [4.78, 5) is 25.3. The lowest BCUT2D eigenvalue weighted by Crippen LogP contribution is -2.40. The van der Waals surface area contributed by atoms with E-state index in [1.54, 1.807) is 13.2 Å². The first kappa shape index (κ1) is 13.5. The van der Waals surface area contributed by atoms with Crippen LogP contribution in [-0.2, 0) is 14.3 Å². The van der Waals surface area contributed by atoms with Gasteiger partial charge in [-0.1, -0.05) is 5.16 Å². The Hall–Kier alpha value is -1.89. The molecular weight excluding hydrogens is 250 g/mol. The smallest absolute Gasteiger partial charge is 0.245 e. The fourth-order valence-electron chi connectivity index (χ4n) is 1.69. The third-order valence-electron chi connectivity index (χ3n) is 2.84. The summed E-state index contributed by atoms with van der Waals surface area (Å²) in [6.45, 7) is 0.833. The van der Waals surface area contributed by atoms with Gasteiger partial charge in [0.1, 0.15) is 6.26 Å². The molecular formula is C12H17N3O4. The summed E-state index contributed by atoms with van der Waals surface area (Å²) < 4.78 is 9.57. The molecule has 0 unspecified atom stereocenters. The van der Waals surface area contributed by atoms with Crippen molar-refractivity contribution in [1.82, 2.24) is 10.1 Å². The second kappa shape index (κ2) is 6.33. The van der Waals surface area contributed by atoms with Crippen molar-refractivity contribution in [3.05, 3.63) is 12.3 Å². The van der Waals surface area contributed by atoms with Gasteiger partial charge in [-0.15, -0.1) is 0 Å². The fourth-order valence-corrected chi connectivity index (χ4v) is 1.69. The lowest BCUT2D eigenvalue weighted by atomic mass is 10.3. The Morgan fingerprint density at radius 2 is 2.37 bits per heavy atom. The Balaban J connectivity index is 1.86. The predicted molar refractivity (Wildman–Crippen MR) is 66.3 cm³/mol. The predicted octanol–water partition coefficient (Wildman–Crippen LogP) is 0.498. The number of anilines is 1. The van der Waals surface area contributed by atoms with E-state index in [-0.39, 0.29) is 24.3 Å². The molecule has 0 atom stereocenters. The van der Waals surface area contributed by atoms with Gasteiger partial charge in [0, 0.05) is 25.6 Å². The molecule has 0 saturated heterocycles. The summed E-state index contributed by atoms with van der Waals surface area (Å²) in [7, 11) is 1.56. The monoisotopic (exact) mass is 267 g/mol. The van der Waals surface area contributed by atoms with Crippen LogP contribution in [0.2, 0.25) is 0 Å². The molecule has 1 aliphatic carbocycles. The van der Waals surface area contributed by atoms with Crippen molar-refractivity contribution in [2.24, 2.45) is 5.92 Å². The third kappa shape index (κ3) is 4.06. The van der Waals surface area contributed by atoms with Gasteiger partial charge in [0.15, 0.2) is 5.82 Å². The van der Waals surface area contributed by atoms with Crippen molar-refractivity contribution in [2.45, 2.75) is 12.8 Å². The van der Waals surface area contributed by atoms with E-state index >= 15 is 0 Å². The van der Waals surface area contributed by atoms with Crippen LogP contribution >= 0.6 is 0 Å². The van der Waals surface area contributed by atoms with Gasteiger partial charge in [-0.25, -0.2) is 0 Å². The molecule has 1 saturated carbocycles. The number of ether oxygens (including phenoxy) is 1. The number of hydrogen-bond acceptors (Lipinski definition) is 5. The lowest BCUT2D eigenvalue weighted by Gasteiger charge is -2.21. The van der Waals surface area contributed by atoms with E-state index in [0.29, 0.717) is 19.0 Å². The number of amides is 2. The highest BCUT2D eigenvalue weighted by Gasteiger charge is 2.33. The molecule has 0 spiro atoms. The number of methoxy groups -OCH3 is 1. The second-order valence-corrected chi connectivity index (χ2v) is 4.46. The van der Waals surface area contributed by atoms with Gasteiger partial charge in [-0.2, -0.15) is 0 Å². The maximum atomic E-state index is 12.0. The van der Waals surface area contributed by atoms with Crippen molar-refractivity contribution in [2.75, 3.05) is 32.1 Å². The van der Waals surface area contributed by atoms with Crippen molar-refractivity contribution in [1.29, 1.82) is 0 Å². The van der Waals surface area contributed by atoms with E-state index in [1.807, 2.05) is 0 Å². The minimum Gasteiger partial charge on any atom is -0.383 e. The lowest BCUT2D eigenvalue weighted by molar-refractivity contribution is -0.136. The molecule has 0 radical (unpaired) electrons. The first-order valence-electron chi connectivity index (χ1n) is 6.18. The van der Waals surface area contributed by atoms with Crippen molar-refractivity contribution in [3.8, 4) is 0 Å². The minimum atomic E-state index is -0.293. The Kier molecular flexibility index (Phi) is 4.51. The summed E-state index contributed by atoms with van der Waals surface area (Å²) in [5, 5.41) is 6.15. The molecule has 2 amide bonds. The molecule has 19 heavy (non-hydrogen) atoms. The molecule has 104 valence electrons. The minimum absolute atomic E-state index is 0.00551. The summed E-state index contributed by atoms with van der Waals surface area (Å²) >= 11 is 0. The van der Waals surface area contributed by atoms with E-state index in [0.717, 1.165) is 12.8 Å². The highest BCUT2D eigenvalue weighted by molar-refractivity contribution is 5.94. The molecule has 7 nitrogen and oxygen atoms in total. The van der Waals surface area contributed by atoms with Crippen LogP contribution in [0.4, 0.5) is 5.82 Å². The van der Waals surface area contributed by atoms with E-state index in [9.17, 15) is 9.59 Å². The summed E-state index contributed by atoms with van der Waals surface area (Å²) in [6.07, 6.45) is 3.19. The van der Waals surface area contributed by atoms with E-state index in [2.05, 4.69) is 15.0 Å². The van der Waals surface area contributed by atoms with Crippen LogP contribution in [-0.4, -0.2) is 48.7 Å². The van der Waals surface area contributed by atoms with Crippen LogP contribution < -0.4 is 5.32 Å². The van der Waals surface area contributed by atoms with Gasteiger partial charge in [0.2, 0.25) is 11.8 Å². The summed E-state index contributed by atoms with van der Waals surface area (Å²) in [5.74, 6) is 0.152. The van der Waals surface area contributed by atoms with Gasteiger partial charge in [-0.05, 0) is 12.8 Å². The maximum absolute atomic E-state index is 12.0. The molecule has 2 rings (SSSR count). The molecule has 7 heteroatoms. The number of carbonyl (C=O) groups excluding carboxylic acids is 2. The van der Waals surface area contributed by atoms with Crippen LogP contribution in [0.3, 0.4) is 0 Å². The first-order valence-corrected chi connectivity index (χ1v) is 6.18. The van der Waals surface area contributed by atoms with Crippen LogP contribution in [0, 0.1) is 5.92 Å². The summed E-state index contributed by atoms with van der Waals surface area (Å²) in [5.41, 5.74) is 0. The number of nitrogens with zero attached hydrogens (tertiary/aromatic N) is 2. The number of aromatic nitrogens is 1.